The summed E-state index contributed by atoms with van der Waals surface area (Å²) in [6, 6.07) is 0. The van der Waals surface area contributed by atoms with Gasteiger partial charge < -0.3 is 4.74 Å². The van der Waals surface area contributed by atoms with E-state index in [0.29, 0.717) is 18.6 Å². The van der Waals surface area contributed by atoms with Gasteiger partial charge in [-0.1, -0.05) is 32.9 Å². The van der Waals surface area contributed by atoms with Gasteiger partial charge in [0, 0.05) is 16.4 Å². The van der Waals surface area contributed by atoms with Crippen molar-refractivity contribution < 1.29 is 18.7 Å². The number of allylic oxidation sites excluding steroid dienone is 4. The summed E-state index contributed by atoms with van der Waals surface area (Å²) in [7, 11) is 1.54. The summed E-state index contributed by atoms with van der Waals surface area (Å²) in [6.45, 7) is 12.6. The number of Topliss-reactive ketones (excluding diaryl/α,β-unsaturated/α-hetero) is 1. The molecular weight excluding hydrogens is 343 g/mol. The van der Waals surface area contributed by atoms with Gasteiger partial charge in [-0.15, -0.1) is 0 Å². The van der Waals surface area contributed by atoms with Gasteiger partial charge in [-0.3, -0.25) is 9.59 Å². The molecule has 4 rings (SSSR count). The van der Waals surface area contributed by atoms with Crippen molar-refractivity contribution >= 4 is 11.6 Å². The molecule has 0 aromatic rings. The van der Waals surface area contributed by atoms with Crippen LogP contribution in [0, 0.1) is 34.5 Å². The number of carbonyl (C=O) groups is 2. The van der Waals surface area contributed by atoms with Crippen LogP contribution in [-0.4, -0.2) is 24.8 Å². The topological polar surface area (TPSA) is 43.4 Å². The molecule has 0 unspecified atom stereocenters. The molecule has 0 saturated heterocycles. The summed E-state index contributed by atoms with van der Waals surface area (Å²) < 4.78 is 20.0. The van der Waals surface area contributed by atoms with Crippen LogP contribution >= 0.6 is 0 Å². The first-order valence-electron chi connectivity index (χ1n) is 9.98. The van der Waals surface area contributed by atoms with Crippen molar-refractivity contribution in [1.29, 1.82) is 0 Å². The largest absolute Gasteiger partial charge is 0.492 e. The van der Waals surface area contributed by atoms with Crippen LogP contribution in [-0.2, 0) is 14.3 Å². The molecule has 0 aliphatic heterocycles. The zero-order valence-corrected chi connectivity index (χ0v) is 16.9. The monoisotopic (exact) mass is 372 g/mol. The molecule has 0 aromatic carbocycles. The van der Waals surface area contributed by atoms with Crippen LogP contribution in [0.4, 0.5) is 4.39 Å². The van der Waals surface area contributed by atoms with E-state index >= 15 is 0 Å². The van der Waals surface area contributed by atoms with Gasteiger partial charge >= 0.3 is 0 Å². The highest BCUT2D eigenvalue weighted by Gasteiger charge is 2.64. The quantitative estimate of drug-likeness (QED) is 0.676. The summed E-state index contributed by atoms with van der Waals surface area (Å²) >= 11 is 0. The Labute approximate surface area is 160 Å². The van der Waals surface area contributed by atoms with Gasteiger partial charge in [0.1, 0.15) is 0 Å². The summed E-state index contributed by atoms with van der Waals surface area (Å²) in [5, 5.41) is 0. The summed E-state index contributed by atoms with van der Waals surface area (Å²) in [4.78, 5) is 25.2. The van der Waals surface area contributed by atoms with Gasteiger partial charge in [-0.05, 0) is 61.5 Å². The van der Waals surface area contributed by atoms with Crippen LogP contribution < -0.4 is 0 Å². The Morgan fingerprint density at radius 2 is 1.93 bits per heavy atom. The van der Waals surface area contributed by atoms with E-state index in [0.717, 1.165) is 23.1 Å². The number of ketones is 2. The Morgan fingerprint density at radius 1 is 1.26 bits per heavy atom. The molecule has 3 fully saturated rings. The van der Waals surface area contributed by atoms with E-state index in [9.17, 15) is 14.0 Å². The predicted octanol–water partition coefficient (Wildman–Crippen LogP) is 4.59. The Kier molecular flexibility index (Phi) is 3.90. The number of fused-ring (bicyclic) bond motifs is 5. The zero-order chi connectivity index (χ0) is 19.9. The lowest BCUT2D eigenvalue weighted by atomic mass is 9.44. The first-order chi connectivity index (χ1) is 12.6. The van der Waals surface area contributed by atoms with Gasteiger partial charge in [0.15, 0.2) is 17.7 Å². The predicted molar refractivity (Wildman–Crippen MR) is 102 cm³/mol. The van der Waals surface area contributed by atoms with E-state index < -0.39 is 11.6 Å². The number of hydrogen-bond acceptors (Lipinski definition) is 3. The Bertz CT molecular complexity index is 821. The lowest BCUT2D eigenvalue weighted by Gasteiger charge is -2.59. The van der Waals surface area contributed by atoms with Crippen molar-refractivity contribution in [3.63, 3.8) is 0 Å². The molecule has 0 N–H and O–H groups in total. The van der Waals surface area contributed by atoms with Crippen LogP contribution in [0.1, 0.15) is 47.0 Å². The van der Waals surface area contributed by atoms with E-state index in [1.807, 2.05) is 13.8 Å². The molecule has 0 aromatic heterocycles. The van der Waals surface area contributed by atoms with Crippen molar-refractivity contribution in [2.75, 3.05) is 7.11 Å². The maximum absolute atomic E-state index is 14.5. The van der Waals surface area contributed by atoms with E-state index in [1.165, 1.54) is 0 Å². The molecule has 0 spiro atoms. The summed E-state index contributed by atoms with van der Waals surface area (Å²) in [5.41, 5.74) is 1.94. The molecule has 7 atom stereocenters. The van der Waals surface area contributed by atoms with Crippen LogP contribution in [0.5, 0.6) is 0 Å². The Morgan fingerprint density at radius 3 is 2.56 bits per heavy atom. The molecule has 3 nitrogen and oxygen atoms in total. The number of halogens is 1. The Hall–Kier alpha value is -1.71. The first kappa shape index (κ1) is 18.6. The second-order valence-electron chi connectivity index (χ2n) is 9.43. The molecule has 4 aliphatic carbocycles. The highest BCUT2D eigenvalue weighted by atomic mass is 19.1. The molecule has 0 heterocycles. The number of hydrogen-bond donors (Lipinski definition) is 0. The standard InChI is InChI=1S/C23H29FO3/c1-11-9-17(25)20(27-6)19-13(3)12(2)18-14(23(11,19)5)7-8-22(4)15(18)10-16(24)21(22)26/h9,12,14-16,18H,3,7-8,10H2,1-2,4-6H3/t12-,14+,15+,16+,18-,22+,23-/m1/s1. The highest BCUT2D eigenvalue weighted by molar-refractivity contribution is 6.06. The third kappa shape index (κ3) is 2.07. The van der Waals surface area contributed by atoms with E-state index in [4.69, 9.17) is 4.74 Å². The summed E-state index contributed by atoms with van der Waals surface area (Å²) in [5.74, 6) is 0.638. The molecule has 4 aliphatic rings. The van der Waals surface area contributed by atoms with Crippen molar-refractivity contribution in [3.8, 4) is 0 Å². The highest BCUT2D eigenvalue weighted by Crippen LogP contribution is 2.67. The lowest BCUT2D eigenvalue weighted by Crippen LogP contribution is -2.54. The fourth-order valence-corrected chi connectivity index (χ4v) is 6.91. The van der Waals surface area contributed by atoms with Gasteiger partial charge in [-0.25, -0.2) is 4.39 Å². The van der Waals surface area contributed by atoms with Gasteiger partial charge in [0.25, 0.3) is 0 Å². The fraction of sp³-hybridized carbons (Fsp3) is 0.652. The summed E-state index contributed by atoms with van der Waals surface area (Å²) in [6.07, 6.45) is 2.23. The second-order valence-corrected chi connectivity index (χ2v) is 9.43. The Balaban J connectivity index is 1.90. The third-order valence-corrected chi connectivity index (χ3v) is 8.56. The minimum atomic E-state index is -1.34. The van der Waals surface area contributed by atoms with E-state index in [2.05, 4.69) is 20.4 Å². The fourth-order valence-electron chi connectivity index (χ4n) is 6.91. The van der Waals surface area contributed by atoms with Crippen LogP contribution in [0.2, 0.25) is 0 Å². The molecule has 27 heavy (non-hydrogen) atoms. The van der Waals surface area contributed by atoms with Crippen molar-refractivity contribution in [2.45, 2.75) is 53.1 Å². The van der Waals surface area contributed by atoms with Crippen molar-refractivity contribution in [2.24, 2.45) is 34.5 Å². The van der Waals surface area contributed by atoms with Gasteiger partial charge in [0.05, 0.1) is 7.11 Å². The van der Waals surface area contributed by atoms with E-state index in [1.54, 1.807) is 13.2 Å². The molecule has 0 radical (unpaired) electrons. The molecule has 3 saturated carbocycles. The average molecular weight is 372 g/mol. The molecule has 146 valence electrons. The smallest absolute Gasteiger partial charge is 0.220 e. The van der Waals surface area contributed by atoms with Crippen molar-refractivity contribution in [1.82, 2.24) is 0 Å². The molecule has 4 heteroatoms. The number of carbonyl (C=O) groups excluding carboxylic acids is 2. The van der Waals surface area contributed by atoms with Gasteiger partial charge in [0.2, 0.25) is 5.78 Å². The van der Waals surface area contributed by atoms with E-state index in [-0.39, 0.29) is 40.7 Å². The maximum atomic E-state index is 14.5. The third-order valence-electron chi connectivity index (χ3n) is 8.56. The zero-order valence-electron chi connectivity index (χ0n) is 16.9. The maximum Gasteiger partial charge on any atom is 0.220 e. The number of alkyl halides is 1. The number of methoxy groups -OCH3 is 1. The normalized spacial score (nSPS) is 46.7. The van der Waals surface area contributed by atoms with Crippen LogP contribution in [0.15, 0.2) is 35.1 Å². The van der Waals surface area contributed by atoms with Crippen molar-refractivity contribution in [3.05, 3.63) is 35.1 Å². The first-order valence-corrected chi connectivity index (χ1v) is 9.98. The molecular formula is C23H29FO3. The SMILES string of the molecule is C=C1C2=C(OC)C(=O)C=C(C)[C@]2(C)[C@H]2CC[C@]3(C)C(=O)[C@@H](F)C[C@H]3[C@@H]2[C@@H]1C. The number of ether oxygens (including phenoxy) is 1. The van der Waals surface area contributed by atoms with Crippen LogP contribution in [0.3, 0.4) is 0 Å². The van der Waals surface area contributed by atoms with Gasteiger partial charge in [-0.2, -0.15) is 0 Å². The number of rotatable bonds is 1. The average Bonchev–Trinajstić information content (AvgIpc) is 2.85. The molecule has 0 amide bonds. The second kappa shape index (κ2) is 5.65. The minimum Gasteiger partial charge on any atom is -0.492 e. The van der Waals surface area contributed by atoms with Crippen LogP contribution in [0.25, 0.3) is 0 Å². The minimum absolute atomic E-state index is 0.0281. The lowest BCUT2D eigenvalue weighted by molar-refractivity contribution is -0.135. The molecule has 0 bridgehead atoms.